The van der Waals surface area contributed by atoms with E-state index < -0.39 is 0 Å². The number of rotatable bonds is 0. The molecule has 0 saturated carbocycles. The molecule has 0 aromatic rings. The molecular weight excluding hydrogens is 253 g/mol. The zero-order chi connectivity index (χ0) is 0. The van der Waals surface area contributed by atoms with Crippen LogP contribution in [-0.4, -0.2) is 8.41 Å². The Bertz CT molecular complexity index is 8.00. The first-order valence-corrected chi connectivity index (χ1v) is 0. The van der Waals surface area contributed by atoms with Crippen molar-refractivity contribution in [3.8, 4) is 0 Å². The predicted molar refractivity (Wildman–Crippen MR) is 6.44 cm³/mol. The Kier molecular flexibility index (Phi) is 267. The summed E-state index contributed by atoms with van der Waals surface area (Å²) >= 11 is 0. The van der Waals surface area contributed by atoms with Gasteiger partial charge in [0.15, 0.2) is 0 Å². The largest absolute Gasteiger partial charge is 4.00 e. The van der Waals surface area contributed by atoms with Crippen LogP contribution in [0, 0.1) is 0 Å². The molecule has 0 saturated heterocycles. The average molecular weight is 253 g/mol. The molecule has 0 bridgehead atoms. The van der Waals surface area contributed by atoms with Crippen LogP contribution in [0.5, 0.6) is 0 Å². The first kappa shape index (κ1) is 46.0. The van der Waals surface area contributed by atoms with Gasteiger partial charge < -0.3 is 5.48 Å². The standard InChI is InChI=1S/B.Hf.O.Ti/q+3;+4;-2;+4. The minimum Gasteiger partial charge on any atom is -2.00 e. The van der Waals surface area contributed by atoms with Gasteiger partial charge in [0.1, 0.15) is 0 Å². The van der Waals surface area contributed by atoms with Crippen LogP contribution in [-0.2, 0) is 53.0 Å². The van der Waals surface area contributed by atoms with Crippen LogP contribution in [0.4, 0.5) is 0 Å². The molecule has 4 heavy (non-hydrogen) atoms. The summed E-state index contributed by atoms with van der Waals surface area (Å²) in [6, 6.07) is 0. The van der Waals surface area contributed by atoms with Crippen molar-refractivity contribution in [2.45, 2.75) is 0 Å². The Morgan fingerprint density at radius 1 is 1.00 bits per heavy atom. The molecule has 0 radical (unpaired) electrons. The van der Waals surface area contributed by atoms with E-state index >= 15 is 0 Å². The van der Waals surface area contributed by atoms with Gasteiger partial charge in [-0.15, -0.1) is 0 Å². The van der Waals surface area contributed by atoms with Crippen molar-refractivity contribution >= 4 is 8.41 Å². The third-order valence-electron chi connectivity index (χ3n) is 0. The van der Waals surface area contributed by atoms with Gasteiger partial charge in [0.25, 0.3) is 0 Å². The smallest absolute Gasteiger partial charge is 2.00 e. The van der Waals surface area contributed by atoms with E-state index in [1.807, 2.05) is 0 Å². The first-order chi connectivity index (χ1) is 0. The molecule has 0 aliphatic heterocycles. The molecule has 0 aliphatic carbocycles. The average Bonchev–Trinajstić information content (AvgIpc) is 0. The fraction of sp³-hybridized carbons (Fsp3) is 0. The van der Waals surface area contributed by atoms with E-state index in [9.17, 15) is 0 Å². The van der Waals surface area contributed by atoms with Crippen LogP contribution in [0.15, 0.2) is 0 Å². The van der Waals surface area contributed by atoms with Crippen molar-refractivity contribution in [3.63, 3.8) is 0 Å². The molecule has 8 valence electrons. The third kappa shape index (κ3) is 9.49. The third-order valence-corrected chi connectivity index (χ3v) is 0. The minimum absolute atomic E-state index is 0. The maximum Gasteiger partial charge on any atom is 4.00 e. The van der Waals surface area contributed by atoms with Gasteiger partial charge in [-0.05, 0) is 0 Å². The van der Waals surface area contributed by atoms with E-state index in [1.165, 1.54) is 0 Å². The van der Waals surface area contributed by atoms with Crippen molar-refractivity contribution in [1.29, 1.82) is 0 Å². The Morgan fingerprint density at radius 2 is 1.00 bits per heavy atom. The molecule has 0 N–H and O–H groups in total. The summed E-state index contributed by atoms with van der Waals surface area (Å²) < 4.78 is 0. The van der Waals surface area contributed by atoms with Gasteiger partial charge in [-0.2, -0.15) is 0 Å². The van der Waals surface area contributed by atoms with E-state index in [4.69, 9.17) is 0 Å². The normalized spacial score (nSPS) is 0. The second-order valence-corrected chi connectivity index (χ2v) is 0. The molecule has 0 heterocycles. The zero-order valence-electron chi connectivity index (χ0n) is 1.99. The molecule has 0 atom stereocenters. The molecule has 0 unspecified atom stereocenters. The topological polar surface area (TPSA) is 28.5 Å². The summed E-state index contributed by atoms with van der Waals surface area (Å²) in [5.41, 5.74) is 0. The Morgan fingerprint density at radius 3 is 1.00 bits per heavy atom. The van der Waals surface area contributed by atoms with Crippen molar-refractivity contribution in [2.24, 2.45) is 0 Å². The summed E-state index contributed by atoms with van der Waals surface area (Å²) in [5, 5.41) is 0. The number of hydrogen-bond acceptors (Lipinski definition) is 0. The van der Waals surface area contributed by atoms with E-state index in [0.717, 1.165) is 0 Å². The fourth-order valence-electron chi connectivity index (χ4n) is 0. The van der Waals surface area contributed by atoms with Crippen LogP contribution in [0.2, 0.25) is 0 Å². The maximum absolute atomic E-state index is 0. The SMILES string of the molecule is [B+3].[Hf+4].[O-2].[Ti+4]. The van der Waals surface area contributed by atoms with Gasteiger partial charge in [0, 0.05) is 0 Å². The van der Waals surface area contributed by atoms with Crippen LogP contribution in [0.3, 0.4) is 0 Å². The number of hydrogen-bond donors (Lipinski definition) is 0. The van der Waals surface area contributed by atoms with Crippen molar-refractivity contribution in [2.75, 3.05) is 0 Å². The van der Waals surface area contributed by atoms with Gasteiger partial charge in [-0.25, -0.2) is 0 Å². The summed E-state index contributed by atoms with van der Waals surface area (Å²) in [5.74, 6) is 0. The molecule has 4 heteroatoms. The quantitative estimate of drug-likeness (QED) is 0.521. The van der Waals surface area contributed by atoms with Gasteiger partial charge in [0.05, 0.1) is 0 Å². The summed E-state index contributed by atoms with van der Waals surface area (Å²) in [6.45, 7) is 0. The summed E-state index contributed by atoms with van der Waals surface area (Å²) in [4.78, 5) is 0. The molecule has 0 rings (SSSR count). The molecule has 0 aromatic heterocycles. The fourth-order valence-corrected chi connectivity index (χ4v) is 0. The van der Waals surface area contributed by atoms with Gasteiger partial charge in [-0.3, -0.25) is 0 Å². The van der Waals surface area contributed by atoms with Crippen molar-refractivity contribution in [3.05, 3.63) is 0 Å². The van der Waals surface area contributed by atoms with Crippen LogP contribution in [0.1, 0.15) is 0 Å². The predicted octanol–water partition coefficient (Wildman–Crippen LogP) is -0.505. The van der Waals surface area contributed by atoms with Crippen LogP contribution in [0.25, 0.3) is 0 Å². The van der Waals surface area contributed by atoms with E-state index in [-0.39, 0.29) is 61.5 Å². The van der Waals surface area contributed by atoms with E-state index in [2.05, 4.69) is 0 Å². The molecule has 0 aliphatic rings. The molecular formula is BHfOTi+9. The minimum atomic E-state index is 0. The van der Waals surface area contributed by atoms with Crippen molar-refractivity contribution in [1.82, 2.24) is 0 Å². The molecule has 0 spiro atoms. The van der Waals surface area contributed by atoms with E-state index in [0.29, 0.717) is 0 Å². The molecule has 0 aromatic carbocycles. The Labute approximate surface area is 61.1 Å². The second kappa shape index (κ2) is 23.2. The van der Waals surface area contributed by atoms with Gasteiger partial charge in [-0.1, -0.05) is 0 Å². The Hall–Kier alpha value is 1.61. The van der Waals surface area contributed by atoms with Crippen LogP contribution < -0.4 is 0 Å². The molecule has 0 amide bonds. The maximum atomic E-state index is 0. The molecule has 0 fully saturated rings. The monoisotopic (exact) mass is 255 g/mol. The summed E-state index contributed by atoms with van der Waals surface area (Å²) in [6.07, 6.45) is 0. The zero-order valence-corrected chi connectivity index (χ0v) is 7.14. The van der Waals surface area contributed by atoms with Crippen LogP contribution >= 0.6 is 0 Å². The van der Waals surface area contributed by atoms with Crippen molar-refractivity contribution < 1.29 is 53.0 Å². The first-order valence-electron chi connectivity index (χ1n) is 0. The summed E-state index contributed by atoms with van der Waals surface area (Å²) in [7, 11) is 0. The second-order valence-electron chi connectivity index (χ2n) is 0. The van der Waals surface area contributed by atoms with E-state index in [1.54, 1.807) is 0 Å². The molecule has 1 nitrogen and oxygen atoms in total. The Balaban J connectivity index is 0. The van der Waals surface area contributed by atoms with Gasteiger partial charge in [0.2, 0.25) is 0 Å². The van der Waals surface area contributed by atoms with Gasteiger partial charge >= 0.3 is 56.0 Å².